The highest BCUT2D eigenvalue weighted by atomic mass is 15.0. The van der Waals surface area contributed by atoms with E-state index in [-0.39, 0.29) is 0 Å². The quantitative estimate of drug-likeness (QED) is 0.193. The second kappa shape index (κ2) is 11.4. The Morgan fingerprint density at radius 2 is 1.04 bits per heavy atom. The summed E-state index contributed by atoms with van der Waals surface area (Å²) in [7, 11) is 0. The van der Waals surface area contributed by atoms with Gasteiger partial charge in [-0.3, -0.25) is 0 Å². The van der Waals surface area contributed by atoms with Crippen molar-refractivity contribution >= 4 is 43.6 Å². The minimum Gasteiger partial charge on any atom is -0.309 e. The largest absolute Gasteiger partial charge is 0.309 e. The second-order valence-corrected chi connectivity index (χ2v) is 12.3. The number of hydrogen-bond donors (Lipinski definition) is 0. The van der Waals surface area contributed by atoms with Gasteiger partial charge in [-0.2, -0.15) is 15.8 Å². The number of nitriles is 3. The molecule has 9 rings (SSSR count). The number of para-hydroxylation sites is 4. The Morgan fingerprint density at radius 1 is 0.420 bits per heavy atom. The van der Waals surface area contributed by atoms with Gasteiger partial charge in [0.25, 0.3) is 0 Å². The maximum Gasteiger partial charge on any atom is 0.101 e. The molecular weight excluding hydrogens is 611 g/mol. The fourth-order valence-electron chi connectivity index (χ4n) is 7.50. The van der Waals surface area contributed by atoms with E-state index in [4.69, 9.17) is 0 Å². The van der Waals surface area contributed by atoms with Gasteiger partial charge in [0.1, 0.15) is 12.1 Å². The zero-order valence-corrected chi connectivity index (χ0v) is 26.7. The summed E-state index contributed by atoms with van der Waals surface area (Å²) in [6, 6.07) is 57.7. The standard InChI is InChI=1S/C45H25N5/c46-26-29-19-24-44-39(25-29)37-12-3-6-18-43(37)50(44)42-17-5-1-10-35(42)34-14-8-13-33(40(34)28-48)30-20-22-32(23-21-30)49-41-16-4-2-11-36(41)38-15-7-9-31(27-47)45(38)49/h1-25H. The van der Waals surface area contributed by atoms with Crippen LogP contribution in [0.4, 0.5) is 0 Å². The van der Waals surface area contributed by atoms with E-state index in [1.807, 2.05) is 84.9 Å². The number of aromatic nitrogens is 2. The van der Waals surface area contributed by atoms with Gasteiger partial charge >= 0.3 is 0 Å². The molecule has 0 fully saturated rings. The minimum absolute atomic E-state index is 0.587. The third kappa shape index (κ3) is 4.24. The summed E-state index contributed by atoms with van der Waals surface area (Å²) in [5.41, 5.74) is 11.2. The molecule has 0 atom stereocenters. The van der Waals surface area contributed by atoms with E-state index in [0.717, 1.165) is 77.2 Å². The smallest absolute Gasteiger partial charge is 0.101 e. The Morgan fingerprint density at radius 3 is 1.80 bits per heavy atom. The van der Waals surface area contributed by atoms with Gasteiger partial charge in [0.2, 0.25) is 0 Å². The summed E-state index contributed by atoms with van der Waals surface area (Å²) in [6.45, 7) is 0. The van der Waals surface area contributed by atoms with Crippen molar-refractivity contribution in [3.63, 3.8) is 0 Å². The van der Waals surface area contributed by atoms with E-state index >= 15 is 0 Å². The first-order valence-electron chi connectivity index (χ1n) is 16.3. The Hall–Kier alpha value is -7.39. The first kappa shape index (κ1) is 28.8. The molecule has 7 aromatic carbocycles. The van der Waals surface area contributed by atoms with Crippen LogP contribution in [0.15, 0.2) is 152 Å². The minimum atomic E-state index is 0.587. The molecule has 0 amide bonds. The topological polar surface area (TPSA) is 81.2 Å². The van der Waals surface area contributed by atoms with E-state index in [1.54, 1.807) is 0 Å². The zero-order valence-electron chi connectivity index (χ0n) is 26.7. The fourth-order valence-corrected chi connectivity index (χ4v) is 7.50. The molecule has 0 aliphatic rings. The van der Waals surface area contributed by atoms with Crippen LogP contribution in [-0.2, 0) is 0 Å². The molecule has 0 aliphatic heterocycles. The van der Waals surface area contributed by atoms with Crippen molar-refractivity contribution in [2.45, 2.75) is 0 Å². The predicted molar refractivity (Wildman–Crippen MR) is 200 cm³/mol. The number of fused-ring (bicyclic) bond motifs is 6. The van der Waals surface area contributed by atoms with Crippen LogP contribution in [0.25, 0.3) is 77.2 Å². The van der Waals surface area contributed by atoms with Crippen LogP contribution < -0.4 is 0 Å². The van der Waals surface area contributed by atoms with E-state index < -0.39 is 0 Å². The molecule has 0 saturated heterocycles. The van der Waals surface area contributed by atoms with Crippen molar-refractivity contribution in [2.24, 2.45) is 0 Å². The molecule has 0 saturated carbocycles. The van der Waals surface area contributed by atoms with Crippen LogP contribution in [0, 0.1) is 34.0 Å². The molecule has 230 valence electrons. The Balaban J connectivity index is 1.20. The number of nitrogens with zero attached hydrogens (tertiary/aromatic N) is 5. The third-order valence-corrected chi connectivity index (χ3v) is 9.66. The van der Waals surface area contributed by atoms with Crippen molar-refractivity contribution in [3.05, 3.63) is 168 Å². The summed E-state index contributed by atoms with van der Waals surface area (Å²) >= 11 is 0. The highest BCUT2D eigenvalue weighted by Crippen LogP contribution is 2.40. The molecule has 2 heterocycles. The molecule has 2 aromatic heterocycles. The summed E-state index contributed by atoms with van der Waals surface area (Å²) in [4.78, 5) is 0. The van der Waals surface area contributed by atoms with E-state index in [2.05, 4.69) is 94.1 Å². The molecule has 50 heavy (non-hydrogen) atoms. The van der Waals surface area contributed by atoms with Crippen LogP contribution >= 0.6 is 0 Å². The average molecular weight is 636 g/mol. The van der Waals surface area contributed by atoms with Gasteiger partial charge in [0, 0.05) is 43.9 Å². The third-order valence-electron chi connectivity index (χ3n) is 9.66. The average Bonchev–Trinajstić information content (AvgIpc) is 3.70. The first-order valence-corrected chi connectivity index (χ1v) is 16.3. The van der Waals surface area contributed by atoms with E-state index in [1.165, 1.54) is 0 Å². The monoisotopic (exact) mass is 635 g/mol. The van der Waals surface area contributed by atoms with Gasteiger partial charge in [-0.25, -0.2) is 0 Å². The molecule has 5 nitrogen and oxygen atoms in total. The van der Waals surface area contributed by atoms with Gasteiger partial charge < -0.3 is 9.13 Å². The second-order valence-electron chi connectivity index (χ2n) is 12.3. The molecule has 0 unspecified atom stereocenters. The van der Waals surface area contributed by atoms with Crippen LogP contribution in [0.3, 0.4) is 0 Å². The SMILES string of the molecule is N#Cc1ccc2c(c1)c1ccccc1n2-c1ccccc1-c1cccc(-c2ccc(-n3c4ccccc4c4cccc(C#N)c43)cc2)c1C#N. The molecule has 9 aromatic rings. The highest BCUT2D eigenvalue weighted by Gasteiger charge is 2.20. The van der Waals surface area contributed by atoms with Crippen LogP contribution in [0.5, 0.6) is 0 Å². The maximum absolute atomic E-state index is 10.7. The summed E-state index contributed by atoms with van der Waals surface area (Å²) in [5.74, 6) is 0. The number of rotatable bonds is 4. The Bertz CT molecular complexity index is 2960. The van der Waals surface area contributed by atoms with Gasteiger partial charge in [0.15, 0.2) is 0 Å². The van der Waals surface area contributed by atoms with Crippen LogP contribution in [0.1, 0.15) is 16.7 Å². The molecule has 0 bridgehead atoms. The molecule has 0 N–H and O–H groups in total. The van der Waals surface area contributed by atoms with Crippen molar-refractivity contribution in [3.8, 4) is 51.8 Å². The maximum atomic E-state index is 10.7. The van der Waals surface area contributed by atoms with Crippen molar-refractivity contribution in [2.75, 3.05) is 0 Å². The lowest BCUT2D eigenvalue weighted by molar-refractivity contribution is 1.18. The highest BCUT2D eigenvalue weighted by molar-refractivity contribution is 6.11. The van der Waals surface area contributed by atoms with Gasteiger partial charge in [-0.15, -0.1) is 0 Å². The lowest BCUT2D eigenvalue weighted by atomic mass is 9.91. The van der Waals surface area contributed by atoms with Gasteiger partial charge in [0.05, 0.1) is 50.5 Å². The van der Waals surface area contributed by atoms with Crippen molar-refractivity contribution < 1.29 is 0 Å². The van der Waals surface area contributed by atoms with Gasteiger partial charge in [-0.05, 0) is 60.2 Å². The first-order chi connectivity index (χ1) is 24.7. The Labute approximate surface area is 287 Å². The predicted octanol–water partition coefficient (Wildman–Crippen LogP) is 10.8. The molecular formula is C45H25N5. The summed E-state index contributed by atoms with van der Waals surface area (Å²) < 4.78 is 4.38. The van der Waals surface area contributed by atoms with E-state index in [9.17, 15) is 15.8 Å². The van der Waals surface area contributed by atoms with Crippen molar-refractivity contribution in [1.29, 1.82) is 15.8 Å². The van der Waals surface area contributed by atoms with Gasteiger partial charge in [-0.1, -0.05) is 97.1 Å². The summed E-state index contributed by atoms with van der Waals surface area (Å²) in [6.07, 6.45) is 0. The lowest BCUT2D eigenvalue weighted by Gasteiger charge is -2.17. The van der Waals surface area contributed by atoms with Crippen molar-refractivity contribution in [1.82, 2.24) is 9.13 Å². The molecule has 0 radical (unpaired) electrons. The molecule has 0 spiro atoms. The van der Waals surface area contributed by atoms with Crippen LogP contribution in [-0.4, -0.2) is 9.13 Å². The summed E-state index contributed by atoms with van der Waals surface area (Å²) in [5, 5.41) is 34.6. The molecule has 5 heteroatoms. The fraction of sp³-hybridized carbons (Fsp3) is 0. The Kier molecular flexibility index (Phi) is 6.56. The normalized spacial score (nSPS) is 11.1. The zero-order chi connectivity index (χ0) is 33.8. The van der Waals surface area contributed by atoms with Crippen LogP contribution in [0.2, 0.25) is 0 Å². The lowest BCUT2D eigenvalue weighted by Crippen LogP contribution is -1.99. The number of benzene rings is 7. The molecule has 0 aliphatic carbocycles. The number of hydrogen-bond acceptors (Lipinski definition) is 3. The van der Waals surface area contributed by atoms with E-state index in [0.29, 0.717) is 16.7 Å².